The van der Waals surface area contributed by atoms with Crippen molar-refractivity contribution in [1.82, 2.24) is 5.32 Å². The highest BCUT2D eigenvalue weighted by atomic mass is 35.5. The van der Waals surface area contributed by atoms with Gasteiger partial charge in [-0.3, -0.25) is 4.79 Å². The van der Waals surface area contributed by atoms with E-state index in [1.807, 2.05) is 0 Å². The number of carboxylic acids is 1. The van der Waals surface area contributed by atoms with E-state index < -0.39 is 36.8 Å². The normalized spacial score (nSPS) is 14.2. The maximum Gasteiger partial charge on any atom is 0.411 e. The molecular formula is C13H12Cl2F3NO4. The molecule has 0 aliphatic rings. The van der Waals surface area contributed by atoms with E-state index in [2.05, 4.69) is 10.1 Å². The van der Waals surface area contributed by atoms with Gasteiger partial charge in [0.05, 0.1) is 10.0 Å². The summed E-state index contributed by atoms with van der Waals surface area (Å²) in [5, 5.41) is 11.7. The molecule has 0 radical (unpaired) electrons. The van der Waals surface area contributed by atoms with Crippen LogP contribution in [0.1, 0.15) is 12.5 Å². The van der Waals surface area contributed by atoms with Gasteiger partial charge in [-0.25, -0.2) is 4.79 Å². The quantitative estimate of drug-likeness (QED) is 0.803. The van der Waals surface area contributed by atoms with Crippen LogP contribution < -0.4 is 5.32 Å². The molecule has 2 N–H and O–H groups in total. The molecule has 1 aromatic rings. The predicted molar refractivity (Wildman–Crippen MR) is 76.5 cm³/mol. The van der Waals surface area contributed by atoms with Crippen LogP contribution in [0.4, 0.5) is 13.2 Å². The fourth-order valence-electron chi connectivity index (χ4n) is 1.63. The number of halogens is 5. The van der Waals surface area contributed by atoms with Gasteiger partial charge in [0, 0.05) is 0 Å². The highest BCUT2D eigenvalue weighted by Gasteiger charge is 2.37. The van der Waals surface area contributed by atoms with Crippen molar-refractivity contribution in [2.45, 2.75) is 18.6 Å². The van der Waals surface area contributed by atoms with Crippen LogP contribution in [0.25, 0.3) is 0 Å². The Morgan fingerprint density at radius 2 is 1.87 bits per heavy atom. The molecular weight excluding hydrogens is 362 g/mol. The van der Waals surface area contributed by atoms with Crippen LogP contribution >= 0.6 is 23.2 Å². The number of carbonyl (C=O) groups excluding carboxylic acids is 1. The first kappa shape index (κ1) is 19.5. The van der Waals surface area contributed by atoms with Gasteiger partial charge in [-0.05, 0) is 24.6 Å². The predicted octanol–water partition coefficient (Wildman–Crippen LogP) is 2.99. The zero-order valence-corrected chi connectivity index (χ0v) is 13.2. The maximum absolute atomic E-state index is 11.9. The summed E-state index contributed by atoms with van der Waals surface area (Å²) in [5.41, 5.74) is -1.81. The smallest absolute Gasteiger partial charge is 0.411 e. The third kappa shape index (κ3) is 5.56. The van der Waals surface area contributed by atoms with Crippen LogP contribution in [0.3, 0.4) is 0 Å². The first-order valence-electron chi connectivity index (χ1n) is 6.10. The van der Waals surface area contributed by atoms with E-state index in [1.54, 1.807) is 0 Å². The van der Waals surface area contributed by atoms with Crippen molar-refractivity contribution < 1.29 is 32.6 Å². The van der Waals surface area contributed by atoms with Crippen molar-refractivity contribution in [3.63, 3.8) is 0 Å². The molecule has 0 saturated carbocycles. The number of ether oxygens (including phenoxy) is 1. The van der Waals surface area contributed by atoms with Crippen LogP contribution in [0, 0.1) is 0 Å². The highest BCUT2D eigenvalue weighted by Crippen LogP contribution is 2.29. The Labute approximate surface area is 139 Å². The van der Waals surface area contributed by atoms with Crippen LogP contribution in [0.15, 0.2) is 18.2 Å². The van der Waals surface area contributed by atoms with Gasteiger partial charge >= 0.3 is 12.1 Å². The van der Waals surface area contributed by atoms with E-state index in [1.165, 1.54) is 18.2 Å². The summed E-state index contributed by atoms with van der Waals surface area (Å²) in [6, 6.07) is 3.92. The molecule has 128 valence electrons. The zero-order chi connectivity index (χ0) is 17.8. The lowest BCUT2D eigenvalue weighted by molar-refractivity contribution is -0.176. The van der Waals surface area contributed by atoms with Gasteiger partial charge in [-0.2, -0.15) is 13.2 Å². The molecule has 5 nitrogen and oxygen atoms in total. The average Bonchev–Trinajstić information content (AvgIpc) is 2.39. The molecule has 1 rings (SSSR count). The number of rotatable bonds is 6. The number of nitrogens with one attached hydrogen (secondary N) is 1. The van der Waals surface area contributed by atoms with Gasteiger partial charge in [-0.1, -0.05) is 29.3 Å². The molecule has 1 unspecified atom stereocenters. The van der Waals surface area contributed by atoms with Crippen molar-refractivity contribution in [2.24, 2.45) is 0 Å². The summed E-state index contributed by atoms with van der Waals surface area (Å²) in [5.74, 6) is -2.45. The van der Waals surface area contributed by atoms with Gasteiger partial charge in [0.15, 0.2) is 5.54 Å². The Balaban J connectivity index is 2.87. The standard InChI is InChI=1S/C13H12Cl2F3NO4/c1-12(11(21)22,7-2-3-8(14)9(15)4-7)19-10(20)5-23-6-13(16,17)18/h2-4H,5-6H2,1H3,(H,19,20)(H,21,22). The number of hydrogen-bond acceptors (Lipinski definition) is 3. The molecule has 10 heteroatoms. The topological polar surface area (TPSA) is 75.6 Å². The Bertz CT molecular complexity index is 609. The Morgan fingerprint density at radius 1 is 1.26 bits per heavy atom. The third-order valence-corrected chi connectivity index (χ3v) is 3.55. The van der Waals surface area contributed by atoms with Crippen molar-refractivity contribution >= 4 is 35.1 Å². The van der Waals surface area contributed by atoms with Gasteiger partial charge in [0.1, 0.15) is 13.2 Å². The van der Waals surface area contributed by atoms with Crippen molar-refractivity contribution in [1.29, 1.82) is 0 Å². The number of amides is 1. The molecule has 0 bridgehead atoms. The van der Waals surface area contributed by atoms with E-state index in [-0.39, 0.29) is 15.6 Å². The second-order valence-electron chi connectivity index (χ2n) is 4.72. The number of carboxylic acid groups (broad SMARTS) is 1. The minimum atomic E-state index is -4.58. The van der Waals surface area contributed by atoms with Crippen LogP contribution in [0.5, 0.6) is 0 Å². The zero-order valence-electron chi connectivity index (χ0n) is 11.7. The molecule has 23 heavy (non-hydrogen) atoms. The lowest BCUT2D eigenvalue weighted by Crippen LogP contribution is -2.50. The molecule has 0 saturated heterocycles. The first-order valence-corrected chi connectivity index (χ1v) is 6.86. The summed E-state index contributed by atoms with van der Waals surface area (Å²) >= 11 is 11.5. The Hall–Kier alpha value is -1.51. The summed E-state index contributed by atoms with van der Waals surface area (Å²) in [6.07, 6.45) is -4.58. The van der Waals surface area contributed by atoms with Gasteiger partial charge in [0.25, 0.3) is 0 Å². The SMILES string of the molecule is CC(NC(=O)COCC(F)(F)F)(C(=O)O)c1ccc(Cl)c(Cl)c1. The minimum absolute atomic E-state index is 0.0687. The molecule has 0 aliphatic heterocycles. The van der Waals surface area contributed by atoms with E-state index >= 15 is 0 Å². The molecule has 0 aromatic heterocycles. The molecule has 0 spiro atoms. The van der Waals surface area contributed by atoms with Crippen molar-refractivity contribution in [3.8, 4) is 0 Å². The molecule has 1 aromatic carbocycles. The van der Waals surface area contributed by atoms with E-state index in [0.29, 0.717) is 0 Å². The van der Waals surface area contributed by atoms with Crippen LogP contribution in [-0.2, 0) is 19.9 Å². The van der Waals surface area contributed by atoms with Crippen LogP contribution in [0.2, 0.25) is 10.0 Å². The van der Waals surface area contributed by atoms with E-state index in [0.717, 1.165) is 6.92 Å². The molecule has 1 amide bonds. The van der Waals surface area contributed by atoms with Gasteiger partial charge < -0.3 is 15.2 Å². The van der Waals surface area contributed by atoms with E-state index in [9.17, 15) is 27.9 Å². The van der Waals surface area contributed by atoms with Crippen molar-refractivity contribution in [2.75, 3.05) is 13.2 Å². The number of carbonyl (C=O) groups is 2. The lowest BCUT2D eigenvalue weighted by Gasteiger charge is -2.27. The van der Waals surface area contributed by atoms with Crippen molar-refractivity contribution in [3.05, 3.63) is 33.8 Å². The largest absolute Gasteiger partial charge is 0.479 e. The number of alkyl halides is 3. The lowest BCUT2D eigenvalue weighted by atomic mass is 9.92. The number of hydrogen-bond donors (Lipinski definition) is 2. The summed E-state index contributed by atoms with van der Waals surface area (Å²) in [6.45, 7) is -1.39. The van der Waals surface area contributed by atoms with Gasteiger partial charge in [-0.15, -0.1) is 0 Å². The maximum atomic E-state index is 11.9. The Kier molecular flexibility index (Phi) is 6.26. The highest BCUT2D eigenvalue weighted by molar-refractivity contribution is 6.42. The summed E-state index contributed by atoms with van der Waals surface area (Å²) in [7, 11) is 0. The van der Waals surface area contributed by atoms with Gasteiger partial charge in [0.2, 0.25) is 5.91 Å². The molecule has 0 aliphatic carbocycles. The second-order valence-corrected chi connectivity index (χ2v) is 5.53. The fraction of sp³-hybridized carbons (Fsp3) is 0.385. The van der Waals surface area contributed by atoms with E-state index in [4.69, 9.17) is 23.2 Å². The Morgan fingerprint density at radius 3 is 2.35 bits per heavy atom. The van der Waals surface area contributed by atoms with Crippen LogP contribution in [-0.4, -0.2) is 36.4 Å². The second kappa shape index (κ2) is 7.37. The minimum Gasteiger partial charge on any atom is -0.479 e. The summed E-state index contributed by atoms with van der Waals surface area (Å²) in [4.78, 5) is 23.1. The third-order valence-electron chi connectivity index (χ3n) is 2.81. The first-order chi connectivity index (χ1) is 10.5. The number of benzene rings is 1. The monoisotopic (exact) mass is 373 g/mol. The summed E-state index contributed by atoms with van der Waals surface area (Å²) < 4.78 is 40.0. The number of aliphatic carboxylic acids is 1. The average molecular weight is 374 g/mol. The molecule has 0 fully saturated rings. The molecule has 0 heterocycles. The molecule has 1 atom stereocenters. The fourth-order valence-corrected chi connectivity index (χ4v) is 1.93.